The highest BCUT2D eigenvalue weighted by Gasteiger charge is 2.39. The van der Waals surface area contributed by atoms with Crippen molar-refractivity contribution in [2.45, 2.75) is 6.04 Å². The van der Waals surface area contributed by atoms with Crippen molar-refractivity contribution in [2.24, 2.45) is 0 Å². The minimum absolute atomic E-state index is 0.148. The summed E-state index contributed by atoms with van der Waals surface area (Å²) in [5.74, 6) is -0.820. The fourth-order valence-electron chi connectivity index (χ4n) is 1.35. The maximum absolute atomic E-state index is 11.3. The molecule has 1 fully saturated rings. The maximum atomic E-state index is 11.3. The predicted octanol–water partition coefficient (Wildman–Crippen LogP) is 0.491. The fourth-order valence-corrected chi connectivity index (χ4v) is 1.35. The van der Waals surface area contributed by atoms with E-state index in [0.717, 1.165) is 4.90 Å². The van der Waals surface area contributed by atoms with E-state index in [4.69, 9.17) is 5.11 Å². The lowest BCUT2D eigenvalue weighted by Crippen LogP contribution is -2.39. The van der Waals surface area contributed by atoms with Crippen molar-refractivity contribution < 1.29 is 19.4 Å². The Hall–Kier alpha value is -2.11. The summed E-state index contributed by atoms with van der Waals surface area (Å²) < 4.78 is 4.66. The second-order valence-electron chi connectivity index (χ2n) is 2.99. The molecule has 1 aliphatic rings. The van der Waals surface area contributed by atoms with Crippen LogP contribution in [0.1, 0.15) is 0 Å². The van der Waals surface area contributed by atoms with E-state index in [-0.39, 0.29) is 12.4 Å². The van der Waals surface area contributed by atoms with Gasteiger partial charge in [0.15, 0.2) is 6.04 Å². The normalized spacial score (nSPS) is 20.1. The molecule has 1 aromatic heterocycles. The molecule has 15 heavy (non-hydrogen) atoms. The molecule has 1 aliphatic heterocycles. The van der Waals surface area contributed by atoms with Crippen LogP contribution in [-0.4, -0.2) is 34.8 Å². The molecular formula is C9H8N2O4. The molecule has 0 saturated carbocycles. The van der Waals surface area contributed by atoms with Crippen LogP contribution < -0.4 is 4.90 Å². The highest BCUT2D eigenvalue weighted by molar-refractivity contribution is 5.96. The van der Waals surface area contributed by atoms with E-state index in [1.165, 1.54) is 6.20 Å². The second kappa shape index (κ2) is 3.56. The molecule has 6 heteroatoms. The van der Waals surface area contributed by atoms with Gasteiger partial charge in [-0.25, -0.2) is 19.5 Å². The van der Waals surface area contributed by atoms with Crippen LogP contribution in [0.2, 0.25) is 0 Å². The van der Waals surface area contributed by atoms with Gasteiger partial charge in [-0.3, -0.25) is 0 Å². The van der Waals surface area contributed by atoms with E-state index in [0.29, 0.717) is 0 Å². The number of carbonyl (C=O) groups is 2. The zero-order valence-corrected chi connectivity index (χ0v) is 7.66. The smallest absolute Gasteiger partial charge is 0.416 e. The first kappa shape index (κ1) is 9.45. The first-order chi connectivity index (χ1) is 7.20. The van der Waals surface area contributed by atoms with Crippen LogP contribution in [0.3, 0.4) is 0 Å². The van der Waals surface area contributed by atoms with Gasteiger partial charge in [0.25, 0.3) is 0 Å². The van der Waals surface area contributed by atoms with Crippen LogP contribution in [0.25, 0.3) is 0 Å². The molecular weight excluding hydrogens is 200 g/mol. The minimum Gasteiger partial charge on any atom is -0.480 e. The third kappa shape index (κ3) is 1.61. The lowest BCUT2D eigenvalue weighted by molar-refractivity contribution is -0.138. The van der Waals surface area contributed by atoms with Gasteiger partial charge in [0.1, 0.15) is 12.4 Å². The van der Waals surface area contributed by atoms with Crippen LogP contribution in [0.5, 0.6) is 0 Å². The van der Waals surface area contributed by atoms with Crippen LogP contribution in [0.4, 0.5) is 10.6 Å². The highest BCUT2D eigenvalue weighted by Crippen LogP contribution is 2.20. The molecule has 1 aromatic rings. The number of rotatable bonds is 2. The minimum atomic E-state index is -1.11. The first-order valence-corrected chi connectivity index (χ1v) is 4.30. The van der Waals surface area contributed by atoms with Crippen molar-refractivity contribution >= 4 is 17.9 Å². The third-order valence-electron chi connectivity index (χ3n) is 2.05. The van der Waals surface area contributed by atoms with E-state index >= 15 is 0 Å². The van der Waals surface area contributed by atoms with Gasteiger partial charge < -0.3 is 9.84 Å². The van der Waals surface area contributed by atoms with Gasteiger partial charge >= 0.3 is 12.1 Å². The number of amides is 1. The summed E-state index contributed by atoms with van der Waals surface area (Å²) in [5, 5.41) is 8.86. The van der Waals surface area contributed by atoms with E-state index in [9.17, 15) is 9.59 Å². The summed E-state index contributed by atoms with van der Waals surface area (Å²) in [4.78, 5) is 27.1. The standard InChI is InChI=1S/C9H8N2O4/c12-8(13)6-5-15-9(14)11(6)7-3-1-2-4-10-7/h1-4,6H,5H2,(H,12,13). The number of hydrogen-bond acceptors (Lipinski definition) is 4. The summed E-state index contributed by atoms with van der Waals surface area (Å²) in [5.41, 5.74) is 0. The van der Waals surface area contributed by atoms with Gasteiger partial charge in [-0.1, -0.05) is 6.07 Å². The number of pyridine rings is 1. The Kier molecular flexibility index (Phi) is 2.24. The Balaban J connectivity index is 2.33. The Bertz CT molecular complexity index is 392. The Morgan fingerprint density at radius 2 is 2.40 bits per heavy atom. The van der Waals surface area contributed by atoms with E-state index < -0.39 is 18.1 Å². The van der Waals surface area contributed by atoms with Gasteiger partial charge in [-0.05, 0) is 12.1 Å². The Labute approximate surface area is 85.1 Å². The molecule has 1 atom stereocenters. The van der Waals surface area contributed by atoms with Crippen molar-refractivity contribution in [3.8, 4) is 0 Å². The Morgan fingerprint density at radius 1 is 1.60 bits per heavy atom. The molecule has 6 nitrogen and oxygen atoms in total. The molecule has 0 aliphatic carbocycles. The summed E-state index contributed by atoms with van der Waals surface area (Å²) >= 11 is 0. The van der Waals surface area contributed by atoms with Crippen LogP contribution in [-0.2, 0) is 9.53 Å². The largest absolute Gasteiger partial charge is 0.480 e. The SMILES string of the molecule is O=C(O)C1COC(=O)N1c1ccccn1. The molecule has 0 spiro atoms. The fraction of sp³-hybridized carbons (Fsp3) is 0.222. The summed E-state index contributed by atoms with van der Waals surface area (Å²) in [6, 6.07) is 3.92. The lowest BCUT2D eigenvalue weighted by atomic mass is 10.3. The third-order valence-corrected chi connectivity index (χ3v) is 2.05. The molecule has 1 unspecified atom stereocenters. The van der Waals surface area contributed by atoms with Crippen molar-refractivity contribution in [1.29, 1.82) is 0 Å². The summed E-state index contributed by atoms with van der Waals surface area (Å²) in [6.45, 7) is -0.148. The first-order valence-electron chi connectivity index (χ1n) is 4.30. The van der Waals surface area contributed by atoms with Crippen molar-refractivity contribution in [3.05, 3.63) is 24.4 Å². The molecule has 1 N–H and O–H groups in total. The van der Waals surface area contributed by atoms with Gasteiger partial charge in [0.2, 0.25) is 0 Å². The number of carboxylic acids is 1. The molecule has 2 heterocycles. The van der Waals surface area contributed by atoms with Crippen molar-refractivity contribution in [1.82, 2.24) is 4.98 Å². The number of carbonyl (C=O) groups excluding carboxylic acids is 1. The van der Waals surface area contributed by atoms with E-state index in [1.807, 2.05) is 0 Å². The van der Waals surface area contributed by atoms with Gasteiger partial charge in [-0.2, -0.15) is 0 Å². The molecule has 0 bridgehead atoms. The van der Waals surface area contributed by atoms with Crippen molar-refractivity contribution in [3.63, 3.8) is 0 Å². The number of aromatic nitrogens is 1. The Morgan fingerprint density at radius 3 is 3.00 bits per heavy atom. The molecule has 2 rings (SSSR count). The second-order valence-corrected chi connectivity index (χ2v) is 2.99. The average molecular weight is 208 g/mol. The molecule has 0 radical (unpaired) electrons. The number of nitrogens with zero attached hydrogens (tertiary/aromatic N) is 2. The van der Waals surface area contributed by atoms with E-state index in [1.54, 1.807) is 18.2 Å². The lowest BCUT2D eigenvalue weighted by Gasteiger charge is -2.16. The average Bonchev–Trinajstić information content (AvgIpc) is 2.61. The summed E-state index contributed by atoms with van der Waals surface area (Å²) in [6.07, 6.45) is 0.806. The molecule has 1 saturated heterocycles. The number of ether oxygens (including phenoxy) is 1. The number of aliphatic carboxylic acids is 1. The quantitative estimate of drug-likeness (QED) is 0.765. The zero-order chi connectivity index (χ0) is 10.8. The van der Waals surface area contributed by atoms with Crippen molar-refractivity contribution in [2.75, 3.05) is 11.5 Å². The number of cyclic esters (lactones) is 1. The molecule has 1 amide bonds. The predicted molar refractivity (Wildman–Crippen MR) is 49.5 cm³/mol. The van der Waals surface area contributed by atoms with Crippen LogP contribution in [0, 0.1) is 0 Å². The number of anilines is 1. The zero-order valence-electron chi connectivity index (χ0n) is 7.66. The maximum Gasteiger partial charge on any atom is 0.416 e. The van der Waals surface area contributed by atoms with E-state index in [2.05, 4.69) is 9.72 Å². The summed E-state index contributed by atoms with van der Waals surface area (Å²) in [7, 11) is 0. The number of carboxylic acid groups (broad SMARTS) is 1. The van der Waals surface area contributed by atoms with Gasteiger partial charge in [0.05, 0.1) is 0 Å². The molecule has 78 valence electrons. The highest BCUT2D eigenvalue weighted by atomic mass is 16.6. The van der Waals surface area contributed by atoms with Gasteiger partial charge in [-0.15, -0.1) is 0 Å². The van der Waals surface area contributed by atoms with Gasteiger partial charge in [0, 0.05) is 6.20 Å². The van der Waals surface area contributed by atoms with Crippen LogP contribution in [0.15, 0.2) is 24.4 Å². The number of hydrogen-bond donors (Lipinski definition) is 1. The van der Waals surface area contributed by atoms with Crippen LogP contribution >= 0.6 is 0 Å². The topological polar surface area (TPSA) is 79.7 Å². The monoisotopic (exact) mass is 208 g/mol. The molecule has 0 aromatic carbocycles.